The summed E-state index contributed by atoms with van der Waals surface area (Å²) in [5.41, 5.74) is 1.98. The van der Waals surface area contributed by atoms with Gasteiger partial charge in [0, 0.05) is 18.7 Å². The van der Waals surface area contributed by atoms with Gasteiger partial charge in [0.05, 0.1) is 17.2 Å². The van der Waals surface area contributed by atoms with Crippen LogP contribution < -0.4 is 5.32 Å². The maximum atomic E-state index is 12.9. The summed E-state index contributed by atoms with van der Waals surface area (Å²) in [6.45, 7) is 2.36. The molecule has 126 valence electrons. The van der Waals surface area contributed by atoms with E-state index >= 15 is 0 Å². The van der Waals surface area contributed by atoms with Crippen LogP contribution in [-0.4, -0.2) is 29.3 Å². The molecule has 0 aliphatic heterocycles. The molecule has 2 aromatic rings. The standard InChI is InChI=1S/C17H18FN3O3/c1-12-3-8-15(21(23)24)9-16(12)19-17(22)11-20(2)10-13-4-6-14(18)7-5-13/h3-9H,10-11H2,1-2H3,(H,19,22). The molecule has 2 aromatic carbocycles. The molecule has 6 nitrogen and oxygen atoms in total. The van der Waals surface area contributed by atoms with Gasteiger partial charge in [-0.15, -0.1) is 0 Å². The van der Waals surface area contributed by atoms with Gasteiger partial charge in [0.15, 0.2) is 0 Å². The number of benzene rings is 2. The number of nitro benzene ring substituents is 1. The van der Waals surface area contributed by atoms with E-state index in [4.69, 9.17) is 0 Å². The van der Waals surface area contributed by atoms with E-state index < -0.39 is 4.92 Å². The lowest BCUT2D eigenvalue weighted by Crippen LogP contribution is -2.30. The molecule has 0 unspecified atom stereocenters. The third-order valence-electron chi connectivity index (χ3n) is 3.49. The number of amides is 1. The minimum absolute atomic E-state index is 0.0735. The van der Waals surface area contributed by atoms with Gasteiger partial charge in [-0.2, -0.15) is 0 Å². The molecule has 0 fully saturated rings. The van der Waals surface area contributed by atoms with Crippen molar-refractivity contribution in [2.75, 3.05) is 18.9 Å². The van der Waals surface area contributed by atoms with E-state index in [9.17, 15) is 19.3 Å². The van der Waals surface area contributed by atoms with Gasteiger partial charge in [-0.05, 0) is 37.2 Å². The molecule has 0 aromatic heterocycles. The molecule has 0 atom stereocenters. The number of likely N-dealkylation sites (N-methyl/N-ethyl adjacent to an activating group) is 1. The third kappa shape index (κ3) is 4.85. The van der Waals surface area contributed by atoms with E-state index in [-0.39, 0.29) is 24.0 Å². The first-order valence-electron chi connectivity index (χ1n) is 7.33. The Morgan fingerprint density at radius 3 is 2.54 bits per heavy atom. The van der Waals surface area contributed by atoms with Gasteiger partial charge in [0.2, 0.25) is 5.91 Å². The summed E-state index contributed by atoms with van der Waals surface area (Å²) >= 11 is 0. The van der Waals surface area contributed by atoms with Crippen molar-refractivity contribution in [1.29, 1.82) is 0 Å². The molecule has 0 aliphatic carbocycles. The zero-order valence-electron chi connectivity index (χ0n) is 13.5. The average Bonchev–Trinajstić information content (AvgIpc) is 2.51. The fraction of sp³-hybridized carbons (Fsp3) is 0.235. The number of nitro groups is 1. The number of halogens is 1. The van der Waals surface area contributed by atoms with Gasteiger partial charge in [0.25, 0.3) is 5.69 Å². The molecule has 0 spiro atoms. The maximum Gasteiger partial charge on any atom is 0.271 e. The van der Waals surface area contributed by atoms with Crippen LogP contribution in [0, 0.1) is 22.9 Å². The van der Waals surface area contributed by atoms with E-state index in [1.54, 1.807) is 37.1 Å². The smallest absolute Gasteiger partial charge is 0.271 e. The molecule has 24 heavy (non-hydrogen) atoms. The Labute approximate surface area is 139 Å². The van der Waals surface area contributed by atoms with E-state index in [1.807, 2.05) is 0 Å². The zero-order valence-corrected chi connectivity index (χ0v) is 13.5. The van der Waals surface area contributed by atoms with E-state index in [1.165, 1.54) is 24.3 Å². The lowest BCUT2D eigenvalue weighted by molar-refractivity contribution is -0.384. The van der Waals surface area contributed by atoms with Gasteiger partial charge in [0.1, 0.15) is 5.82 Å². The van der Waals surface area contributed by atoms with Crippen LogP contribution in [0.2, 0.25) is 0 Å². The minimum Gasteiger partial charge on any atom is -0.324 e. The lowest BCUT2D eigenvalue weighted by Gasteiger charge is -2.17. The molecule has 1 N–H and O–H groups in total. The Morgan fingerprint density at radius 2 is 1.92 bits per heavy atom. The highest BCUT2D eigenvalue weighted by Crippen LogP contribution is 2.21. The maximum absolute atomic E-state index is 12.9. The number of anilines is 1. The zero-order chi connectivity index (χ0) is 17.7. The first-order chi connectivity index (χ1) is 11.3. The van der Waals surface area contributed by atoms with Gasteiger partial charge in [-0.1, -0.05) is 18.2 Å². The Bertz CT molecular complexity index is 747. The van der Waals surface area contributed by atoms with Crippen LogP contribution in [0.1, 0.15) is 11.1 Å². The second-order valence-electron chi connectivity index (χ2n) is 5.60. The molecular weight excluding hydrogens is 313 g/mol. The van der Waals surface area contributed by atoms with Gasteiger partial charge < -0.3 is 5.32 Å². The largest absolute Gasteiger partial charge is 0.324 e. The number of rotatable bonds is 6. The number of non-ortho nitro benzene ring substituents is 1. The molecule has 0 saturated carbocycles. The summed E-state index contributed by atoms with van der Waals surface area (Å²) in [5.74, 6) is -0.580. The lowest BCUT2D eigenvalue weighted by atomic mass is 10.2. The summed E-state index contributed by atoms with van der Waals surface area (Å²) < 4.78 is 12.9. The fourth-order valence-corrected chi connectivity index (χ4v) is 2.25. The van der Waals surface area contributed by atoms with Crippen LogP contribution in [-0.2, 0) is 11.3 Å². The van der Waals surface area contributed by atoms with Crippen LogP contribution >= 0.6 is 0 Å². The summed E-state index contributed by atoms with van der Waals surface area (Å²) in [6, 6.07) is 10.4. The Kier molecular flexibility index (Phi) is 5.59. The van der Waals surface area contributed by atoms with Crippen LogP contribution in [0.5, 0.6) is 0 Å². The van der Waals surface area contributed by atoms with Crippen LogP contribution in [0.4, 0.5) is 15.8 Å². The van der Waals surface area contributed by atoms with Crippen LogP contribution in [0.3, 0.4) is 0 Å². The molecule has 2 rings (SSSR count). The highest BCUT2D eigenvalue weighted by Gasteiger charge is 2.12. The number of carbonyl (C=O) groups excluding carboxylic acids is 1. The van der Waals surface area contributed by atoms with Crippen molar-refractivity contribution in [3.63, 3.8) is 0 Å². The van der Waals surface area contributed by atoms with Gasteiger partial charge in [-0.25, -0.2) is 4.39 Å². The molecule has 1 amide bonds. The van der Waals surface area contributed by atoms with Gasteiger partial charge in [-0.3, -0.25) is 19.8 Å². The summed E-state index contributed by atoms with van der Waals surface area (Å²) in [7, 11) is 1.77. The van der Waals surface area contributed by atoms with E-state index in [0.29, 0.717) is 12.2 Å². The number of aryl methyl sites for hydroxylation is 1. The van der Waals surface area contributed by atoms with E-state index in [0.717, 1.165) is 11.1 Å². The summed E-state index contributed by atoms with van der Waals surface area (Å²) in [4.78, 5) is 24.2. The third-order valence-corrected chi connectivity index (χ3v) is 3.49. The molecule has 0 bridgehead atoms. The number of nitrogens with one attached hydrogen (secondary N) is 1. The highest BCUT2D eigenvalue weighted by molar-refractivity contribution is 5.93. The quantitative estimate of drug-likeness (QED) is 0.652. The molecule has 0 heterocycles. The molecular formula is C17H18FN3O3. The first-order valence-corrected chi connectivity index (χ1v) is 7.33. The Balaban J connectivity index is 1.96. The number of nitrogens with zero attached hydrogens (tertiary/aromatic N) is 2. The van der Waals surface area contributed by atoms with Crippen LogP contribution in [0.15, 0.2) is 42.5 Å². The predicted octanol–water partition coefficient (Wildman–Crippen LogP) is 3.11. The fourth-order valence-electron chi connectivity index (χ4n) is 2.25. The normalized spacial score (nSPS) is 10.7. The molecule has 0 saturated heterocycles. The monoisotopic (exact) mass is 331 g/mol. The highest BCUT2D eigenvalue weighted by atomic mass is 19.1. The first kappa shape index (κ1) is 17.6. The van der Waals surface area contributed by atoms with Crippen molar-refractivity contribution < 1.29 is 14.1 Å². The minimum atomic E-state index is -0.504. The number of hydrogen-bond donors (Lipinski definition) is 1. The summed E-state index contributed by atoms with van der Waals surface area (Å²) in [6.07, 6.45) is 0. The van der Waals surface area contributed by atoms with Crippen molar-refractivity contribution in [1.82, 2.24) is 4.90 Å². The van der Waals surface area contributed by atoms with Gasteiger partial charge >= 0.3 is 0 Å². The van der Waals surface area contributed by atoms with Crippen molar-refractivity contribution in [3.05, 3.63) is 69.5 Å². The van der Waals surface area contributed by atoms with Crippen molar-refractivity contribution in [2.24, 2.45) is 0 Å². The Morgan fingerprint density at radius 1 is 1.25 bits per heavy atom. The molecule has 0 aliphatic rings. The average molecular weight is 331 g/mol. The predicted molar refractivity (Wildman–Crippen MR) is 89.2 cm³/mol. The summed E-state index contributed by atoms with van der Waals surface area (Å²) in [5, 5.41) is 13.5. The van der Waals surface area contributed by atoms with Crippen LogP contribution in [0.25, 0.3) is 0 Å². The van der Waals surface area contributed by atoms with E-state index in [2.05, 4.69) is 5.32 Å². The van der Waals surface area contributed by atoms with Crippen molar-refractivity contribution in [2.45, 2.75) is 13.5 Å². The van der Waals surface area contributed by atoms with Crippen molar-refractivity contribution >= 4 is 17.3 Å². The second kappa shape index (κ2) is 7.65. The van der Waals surface area contributed by atoms with Crippen molar-refractivity contribution in [3.8, 4) is 0 Å². The SMILES string of the molecule is Cc1ccc([N+](=O)[O-])cc1NC(=O)CN(C)Cc1ccc(F)cc1. The molecule has 7 heteroatoms. The Hall–Kier alpha value is -2.80. The number of hydrogen-bond acceptors (Lipinski definition) is 4. The second-order valence-corrected chi connectivity index (χ2v) is 5.60. The topological polar surface area (TPSA) is 75.5 Å². The number of carbonyl (C=O) groups is 1. The molecule has 0 radical (unpaired) electrons.